The van der Waals surface area contributed by atoms with Crippen molar-refractivity contribution in [1.82, 2.24) is 0 Å². The number of benzene rings is 10. The molecule has 4 aliphatic carbocycles. The van der Waals surface area contributed by atoms with Crippen molar-refractivity contribution in [2.24, 2.45) is 23.7 Å². The lowest BCUT2D eigenvalue weighted by Gasteiger charge is -2.62. The highest BCUT2D eigenvalue weighted by Gasteiger charge is 2.59. The van der Waals surface area contributed by atoms with Crippen LogP contribution in [0.5, 0.6) is 0 Å². The highest BCUT2D eigenvalue weighted by molar-refractivity contribution is 6.07. The van der Waals surface area contributed by atoms with Gasteiger partial charge in [-0.25, -0.2) is 0 Å². The molecule has 4 saturated carbocycles. The molecule has 2 nitrogen and oxygen atoms in total. The largest absolute Gasteiger partial charge is 0.309 e. The van der Waals surface area contributed by atoms with Crippen LogP contribution in [0.3, 0.4) is 0 Å². The van der Waals surface area contributed by atoms with E-state index >= 15 is 0 Å². The van der Waals surface area contributed by atoms with Crippen LogP contribution in [-0.4, -0.2) is 0 Å². The van der Waals surface area contributed by atoms with E-state index in [4.69, 9.17) is 0 Å². The molecule has 0 unspecified atom stereocenters. The number of fused-ring (bicyclic) bond motifs is 4. The number of nitrogens with zero attached hydrogens (tertiary/aromatic N) is 2. The summed E-state index contributed by atoms with van der Waals surface area (Å²) in [6.07, 6.45) is 6.71. The molecule has 68 heavy (non-hydrogen) atoms. The quantitative estimate of drug-likeness (QED) is 0.150. The topological polar surface area (TPSA) is 6.48 Å². The van der Waals surface area contributed by atoms with Gasteiger partial charge >= 0.3 is 0 Å². The van der Waals surface area contributed by atoms with Crippen molar-refractivity contribution in [2.45, 2.75) is 65.2 Å². The van der Waals surface area contributed by atoms with Crippen molar-refractivity contribution in [3.8, 4) is 0 Å². The maximum atomic E-state index is 2.64. The van der Waals surface area contributed by atoms with Crippen LogP contribution in [-0.2, 0) is 5.41 Å². The molecule has 0 amide bonds. The molecule has 0 radical (unpaired) electrons. The Labute approximate surface area is 401 Å². The van der Waals surface area contributed by atoms with Crippen LogP contribution in [0.15, 0.2) is 194 Å². The van der Waals surface area contributed by atoms with Gasteiger partial charge in [-0.2, -0.15) is 0 Å². The summed E-state index contributed by atoms with van der Waals surface area (Å²) >= 11 is 0. The Morgan fingerprint density at radius 2 is 0.588 bits per heavy atom. The predicted molar refractivity (Wildman–Crippen MR) is 289 cm³/mol. The average Bonchev–Trinajstić information content (AvgIpc) is 3.35. The average molecular weight is 879 g/mol. The minimum Gasteiger partial charge on any atom is -0.309 e. The van der Waals surface area contributed by atoms with E-state index in [1.165, 1.54) is 143 Å². The Morgan fingerprint density at radius 1 is 0.324 bits per heavy atom. The second-order valence-corrected chi connectivity index (χ2v) is 20.8. The fraction of sp³-hybridized carbons (Fsp3) is 0.212. The molecule has 14 rings (SSSR count). The third kappa shape index (κ3) is 6.29. The summed E-state index contributed by atoms with van der Waals surface area (Å²) in [6.45, 7) is 9.57. The molecule has 0 aliphatic heterocycles. The molecule has 0 atom stereocenters. The number of aryl methyl sites for hydroxylation is 4. The van der Waals surface area contributed by atoms with Gasteiger partial charge in [-0.3, -0.25) is 0 Å². The van der Waals surface area contributed by atoms with Crippen LogP contribution in [0.2, 0.25) is 0 Å². The summed E-state index contributed by atoms with van der Waals surface area (Å²) < 4.78 is 0. The van der Waals surface area contributed by atoms with Gasteiger partial charge in [0.2, 0.25) is 0 Å². The molecule has 0 spiro atoms. The zero-order chi connectivity index (χ0) is 45.7. The zero-order valence-corrected chi connectivity index (χ0v) is 39.7. The monoisotopic (exact) mass is 878 g/mol. The van der Waals surface area contributed by atoms with Crippen molar-refractivity contribution in [3.63, 3.8) is 0 Å². The van der Waals surface area contributed by atoms with E-state index in [0.717, 1.165) is 11.8 Å². The number of hydrogen-bond acceptors (Lipinski definition) is 2. The van der Waals surface area contributed by atoms with Crippen molar-refractivity contribution >= 4 is 77.2 Å². The molecular formula is C66H58N2. The molecule has 0 heterocycles. The molecule has 10 aromatic carbocycles. The second-order valence-electron chi connectivity index (χ2n) is 20.8. The van der Waals surface area contributed by atoms with Crippen LogP contribution >= 0.6 is 0 Å². The van der Waals surface area contributed by atoms with Gasteiger partial charge in [-0.05, 0) is 163 Å². The van der Waals surface area contributed by atoms with Gasteiger partial charge in [0, 0.05) is 27.0 Å². The van der Waals surface area contributed by atoms with Gasteiger partial charge in [0.05, 0.1) is 34.1 Å². The minimum absolute atomic E-state index is 0.0804. The molecule has 10 aromatic rings. The Balaban J connectivity index is 1.02. The molecule has 0 N–H and O–H groups in total. The van der Waals surface area contributed by atoms with Crippen LogP contribution in [0.4, 0.5) is 34.1 Å². The van der Waals surface area contributed by atoms with Crippen LogP contribution in [0, 0.1) is 51.4 Å². The number of hydrogen-bond donors (Lipinski definition) is 0. The van der Waals surface area contributed by atoms with Gasteiger partial charge in [0.25, 0.3) is 0 Å². The van der Waals surface area contributed by atoms with Crippen molar-refractivity contribution in [2.75, 3.05) is 9.80 Å². The molecule has 4 bridgehead atoms. The lowest BCUT2D eigenvalue weighted by atomic mass is 9.42. The Morgan fingerprint density at radius 3 is 0.882 bits per heavy atom. The van der Waals surface area contributed by atoms with Gasteiger partial charge < -0.3 is 9.80 Å². The second kappa shape index (κ2) is 16.0. The van der Waals surface area contributed by atoms with E-state index in [2.05, 4.69) is 232 Å². The van der Waals surface area contributed by atoms with Crippen LogP contribution in [0.25, 0.3) is 43.1 Å². The third-order valence-corrected chi connectivity index (χ3v) is 16.8. The summed E-state index contributed by atoms with van der Waals surface area (Å²) in [5.41, 5.74) is 15.7. The summed E-state index contributed by atoms with van der Waals surface area (Å²) in [5, 5.41) is 10.1. The minimum atomic E-state index is -0.0804. The summed E-state index contributed by atoms with van der Waals surface area (Å²) in [6, 6.07) is 73.3. The van der Waals surface area contributed by atoms with Gasteiger partial charge in [-0.1, -0.05) is 170 Å². The first-order valence-electron chi connectivity index (χ1n) is 25.1. The number of rotatable bonds is 8. The van der Waals surface area contributed by atoms with E-state index in [0.29, 0.717) is 11.8 Å². The summed E-state index contributed by atoms with van der Waals surface area (Å²) in [5.74, 6) is 2.89. The molecule has 2 heteroatoms. The molecule has 0 aromatic heterocycles. The SMILES string of the molecule is Cc1cc(C2(c3cc(C)c(N(c4cccc5ccccc45)c4cccc5ccccc45)c(C)c3)C3CC4CC(C3)CC2C4)cc(C)c1N(c1cccc2ccccc12)c1cccc2ccccc12. The lowest BCUT2D eigenvalue weighted by Crippen LogP contribution is -2.56. The van der Waals surface area contributed by atoms with Crippen LogP contribution < -0.4 is 9.80 Å². The van der Waals surface area contributed by atoms with Crippen molar-refractivity contribution < 1.29 is 0 Å². The lowest BCUT2D eigenvalue weighted by molar-refractivity contribution is -0.0418. The normalized spacial score (nSPS) is 19.3. The maximum absolute atomic E-state index is 2.64. The fourth-order valence-electron chi connectivity index (χ4n) is 14.5. The Bertz CT molecular complexity index is 3140. The summed E-state index contributed by atoms with van der Waals surface area (Å²) in [7, 11) is 0. The van der Waals surface area contributed by atoms with E-state index in [1.807, 2.05) is 0 Å². The highest BCUT2D eigenvalue weighted by Crippen LogP contribution is 2.66. The van der Waals surface area contributed by atoms with E-state index in [1.54, 1.807) is 0 Å². The van der Waals surface area contributed by atoms with Gasteiger partial charge in [0.1, 0.15) is 0 Å². The van der Waals surface area contributed by atoms with E-state index in [-0.39, 0.29) is 5.41 Å². The molecule has 332 valence electrons. The smallest absolute Gasteiger partial charge is 0.0540 e. The standard InChI is InChI=1S/C66H58N2/c1-42-33-52(34-43(2)64(42)67(60-29-13-21-48-17-5-9-25-56(48)60)61-30-14-22-49-18-6-10-26-57(49)61)66(54-38-46-37-47(40-54)41-55(66)39-46)53-35-44(3)65(45(4)36-53)68(62-31-15-23-50-19-7-11-27-58(50)62)63-32-16-24-51-20-8-12-28-59(51)63/h5-36,46-47,54-55H,37-41H2,1-4H3. The number of anilines is 6. The first-order valence-corrected chi connectivity index (χ1v) is 25.1. The van der Waals surface area contributed by atoms with Gasteiger partial charge in [-0.15, -0.1) is 0 Å². The zero-order valence-electron chi connectivity index (χ0n) is 39.7. The van der Waals surface area contributed by atoms with Crippen molar-refractivity contribution in [1.29, 1.82) is 0 Å². The predicted octanol–water partition coefficient (Wildman–Crippen LogP) is 18.2. The Hall–Kier alpha value is -7.16. The summed E-state index contributed by atoms with van der Waals surface area (Å²) in [4.78, 5) is 5.17. The van der Waals surface area contributed by atoms with E-state index in [9.17, 15) is 0 Å². The third-order valence-electron chi connectivity index (χ3n) is 16.8. The Kier molecular flexibility index (Phi) is 9.65. The first kappa shape index (κ1) is 41.1. The molecular weight excluding hydrogens is 821 g/mol. The fourth-order valence-corrected chi connectivity index (χ4v) is 14.5. The first-order chi connectivity index (χ1) is 33.3. The molecule has 4 fully saturated rings. The van der Waals surface area contributed by atoms with Crippen LogP contribution in [0.1, 0.15) is 65.5 Å². The van der Waals surface area contributed by atoms with E-state index < -0.39 is 0 Å². The highest BCUT2D eigenvalue weighted by atomic mass is 15.2. The molecule has 0 saturated heterocycles. The maximum Gasteiger partial charge on any atom is 0.0540 e. The molecule has 4 aliphatic rings. The van der Waals surface area contributed by atoms with Gasteiger partial charge in [0.15, 0.2) is 0 Å². The van der Waals surface area contributed by atoms with Crippen molar-refractivity contribution in [3.05, 3.63) is 228 Å².